The number of ether oxygens (including phenoxy) is 1. The van der Waals surface area contributed by atoms with Crippen LogP contribution >= 0.6 is 0 Å². The summed E-state index contributed by atoms with van der Waals surface area (Å²) in [5.74, 6) is 0. The van der Waals surface area contributed by atoms with Gasteiger partial charge in [-0.1, -0.05) is 24.3 Å². The van der Waals surface area contributed by atoms with E-state index in [1.807, 2.05) is 12.1 Å². The molecule has 0 radical (unpaired) electrons. The van der Waals surface area contributed by atoms with Crippen molar-refractivity contribution < 1.29 is 9.84 Å². The van der Waals surface area contributed by atoms with Gasteiger partial charge < -0.3 is 15.2 Å². The summed E-state index contributed by atoms with van der Waals surface area (Å²) in [5.41, 5.74) is 2.52. The van der Waals surface area contributed by atoms with E-state index >= 15 is 0 Å². The zero-order chi connectivity index (χ0) is 11.0. The van der Waals surface area contributed by atoms with Gasteiger partial charge in [0, 0.05) is 19.1 Å². The maximum absolute atomic E-state index is 10.1. The lowest BCUT2D eigenvalue weighted by molar-refractivity contribution is 0.129. The number of hydrogen-bond acceptors (Lipinski definition) is 3. The molecule has 2 aliphatic rings. The third-order valence-corrected chi connectivity index (χ3v) is 3.55. The van der Waals surface area contributed by atoms with Crippen molar-refractivity contribution in [2.24, 2.45) is 0 Å². The Hall–Kier alpha value is -0.900. The van der Waals surface area contributed by atoms with E-state index in [9.17, 15) is 5.11 Å². The van der Waals surface area contributed by atoms with Gasteiger partial charge in [0.1, 0.15) is 0 Å². The van der Waals surface area contributed by atoms with Crippen LogP contribution in [-0.2, 0) is 11.2 Å². The van der Waals surface area contributed by atoms with Crippen LogP contribution in [0, 0.1) is 0 Å². The van der Waals surface area contributed by atoms with Crippen molar-refractivity contribution in [3.63, 3.8) is 0 Å². The molecule has 1 aliphatic heterocycles. The fourth-order valence-electron chi connectivity index (χ4n) is 2.69. The predicted octanol–water partition coefficient (Wildman–Crippen LogP) is 1.02. The first-order valence-corrected chi connectivity index (χ1v) is 5.94. The van der Waals surface area contributed by atoms with E-state index in [2.05, 4.69) is 17.4 Å². The Morgan fingerprint density at radius 2 is 2.19 bits per heavy atom. The molecule has 16 heavy (non-hydrogen) atoms. The highest BCUT2D eigenvalue weighted by Crippen LogP contribution is 2.32. The first-order chi connectivity index (χ1) is 7.84. The molecule has 1 unspecified atom stereocenters. The number of aliphatic hydroxyl groups excluding tert-OH is 1. The number of fused-ring (bicyclic) bond motifs is 1. The Balaban J connectivity index is 1.79. The van der Waals surface area contributed by atoms with Crippen molar-refractivity contribution in [2.45, 2.75) is 31.0 Å². The minimum Gasteiger partial charge on any atom is -0.391 e. The average molecular weight is 219 g/mol. The van der Waals surface area contributed by atoms with Crippen molar-refractivity contribution in [3.05, 3.63) is 35.4 Å². The molecule has 2 N–H and O–H groups in total. The van der Waals surface area contributed by atoms with Crippen LogP contribution in [0.2, 0.25) is 0 Å². The third-order valence-electron chi connectivity index (χ3n) is 3.55. The SMILES string of the molecule is O[C@@H]1Cc2ccccc2[C@@H]1NC1CCOC1. The van der Waals surface area contributed by atoms with Crippen LogP contribution in [0.15, 0.2) is 24.3 Å². The molecule has 1 heterocycles. The van der Waals surface area contributed by atoms with Crippen molar-refractivity contribution in [1.29, 1.82) is 0 Å². The summed E-state index contributed by atoms with van der Waals surface area (Å²) in [6, 6.07) is 8.77. The molecule has 3 atom stereocenters. The van der Waals surface area contributed by atoms with E-state index in [0.29, 0.717) is 6.04 Å². The van der Waals surface area contributed by atoms with Crippen LogP contribution in [0.3, 0.4) is 0 Å². The molecule has 86 valence electrons. The van der Waals surface area contributed by atoms with Crippen molar-refractivity contribution in [3.8, 4) is 0 Å². The minimum absolute atomic E-state index is 0.0860. The van der Waals surface area contributed by atoms with Crippen LogP contribution in [0.5, 0.6) is 0 Å². The smallest absolute Gasteiger partial charge is 0.0775 e. The summed E-state index contributed by atoms with van der Waals surface area (Å²) in [5, 5.41) is 13.6. The quantitative estimate of drug-likeness (QED) is 0.780. The Kier molecular flexibility index (Phi) is 2.67. The van der Waals surface area contributed by atoms with Crippen LogP contribution in [-0.4, -0.2) is 30.5 Å². The zero-order valence-corrected chi connectivity index (χ0v) is 9.23. The zero-order valence-electron chi connectivity index (χ0n) is 9.23. The van der Waals surface area contributed by atoms with Crippen molar-refractivity contribution in [1.82, 2.24) is 5.32 Å². The number of nitrogens with one attached hydrogen (secondary N) is 1. The second kappa shape index (κ2) is 4.17. The molecule has 0 saturated carbocycles. The second-order valence-electron chi connectivity index (χ2n) is 4.68. The van der Waals surface area contributed by atoms with E-state index in [4.69, 9.17) is 4.74 Å². The Morgan fingerprint density at radius 1 is 1.31 bits per heavy atom. The summed E-state index contributed by atoms with van der Waals surface area (Å²) in [6.45, 7) is 1.60. The third kappa shape index (κ3) is 1.75. The molecule has 1 aliphatic carbocycles. The number of benzene rings is 1. The first-order valence-electron chi connectivity index (χ1n) is 5.94. The summed E-state index contributed by atoms with van der Waals surface area (Å²) in [6.07, 6.45) is 1.52. The molecular formula is C13H17NO2. The normalized spacial score (nSPS) is 32.9. The van der Waals surface area contributed by atoms with Crippen LogP contribution in [0.1, 0.15) is 23.6 Å². The van der Waals surface area contributed by atoms with Gasteiger partial charge in [-0.05, 0) is 17.5 Å². The highest BCUT2D eigenvalue weighted by atomic mass is 16.5. The lowest BCUT2D eigenvalue weighted by atomic mass is 10.1. The second-order valence-corrected chi connectivity index (χ2v) is 4.68. The summed E-state index contributed by atoms with van der Waals surface area (Å²) >= 11 is 0. The fraction of sp³-hybridized carbons (Fsp3) is 0.538. The molecule has 0 bridgehead atoms. The van der Waals surface area contributed by atoms with Gasteiger partial charge in [0.25, 0.3) is 0 Å². The number of aliphatic hydroxyl groups is 1. The highest BCUT2D eigenvalue weighted by molar-refractivity contribution is 5.36. The van der Waals surface area contributed by atoms with Crippen LogP contribution in [0.4, 0.5) is 0 Å². The molecule has 0 aromatic heterocycles. The molecule has 3 heteroatoms. The average Bonchev–Trinajstić information content (AvgIpc) is 2.89. The van der Waals surface area contributed by atoms with E-state index in [0.717, 1.165) is 26.1 Å². The van der Waals surface area contributed by atoms with Crippen molar-refractivity contribution in [2.75, 3.05) is 13.2 Å². The Morgan fingerprint density at radius 3 is 3.00 bits per heavy atom. The van der Waals surface area contributed by atoms with Gasteiger partial charge in [-0.15, -0.1) is 0 Å². The highest BCUT2D eigenvalue weighted by Gasteiger charge is 2.32. The number of rotatable bonds is 2. The molecule has 3 nitrogen and oxygen atoms in total. The van der Waals surface area contributed by atoms with E-state index in [1.54, 1.807) is 0 Å². The standard InChI is InChI=1S/C13H17NO2/c15-12-7-9-3-1-2-4-11(9)13(12)14-10-5-6-16-8-10/h1-4,10,12-15H,5-8H2/t10?,12-,13+/m1/s1. The molecule has 0 spiro atoms. The monoisotopic (exact) mass is 219 g/mol. The van der Waals surface area contributed by atoms with Gasteiger partial charge in [-0.2, -0.15) is 0 Å². The van der Waals surface area contributed by atoms with E-state index in [-0.39, 0.29) is 12.1 Å². The topological polar surface area (TPSA) is 41.5 Å². The summed E-state index contributed by atoms with van der Waals surface area (Å²) < 4.78 is 5.35. The maximum atomic E-state index is 10.1. The van der Waals surface area contributed by atoms with E-state index < -0.39 is 0 Å². The summed E-state index contributed by atoms with van der Waals surface area (Å²) in [7, 11) is 0. The molecular weight excluding hydrogens is 202 g/mol. The van der Waals surface area contributed by atoms with E-state index in [1.165, 1.54) is 11.1 Å². The molecule has 3 rings (SSSR count). The first kappa shape index (κ1) is 10.3. The van der Waals surface area contributed by atoms with Gasteiger partial charge >= 0.3 is 0 Å². The van der Waals surface area contributed by atoms with Crippen LogP contribution in [0.25, 0.3) is 0 Å². The molecule has 0 amide bonds. The predicted molar refractivity (Wildman–Crippen MR) is 61.3 cm³/mol. The van der Waals surface area contributed by atoms with Crippen LogP contribution < -0.4 is 5.32 Å². The van der Waals surface area contributed by atoms with Gasteiger partial charge in [-0.25, -0.2) is 0 Å². The lowest BCUT2D eigenvalue weighted by Crippen LogP contribution is -2.37. The van der Waals surface area contributed by atoms with Crippen molar-refractivity contribution >= 4 is 0 Å². The molecule has 1 fully saturated rings. The van der Waals surface area contributed by atoms with Gasteiger partial charge in [-0.3, -0.25) is 0 Å². The largest absolute Gasteiger partial charge is 0.391 e. The lowest BCUT2D eigenvalue weighted by Gasteiger charge is -2.21. The van der Waals surface area contributed by atoms with Gasteiger partial charge in [0.15, 0.2) is 0 Å². The molecule has 1 saturated heterocycles. The van der Waals surface area contributed by atoms with Gasteiger partial charge in [0.2, 0.25) is 0 Å². The minimum atomic E-state index is -0.294. The fourth-order valence-corrected chi connectivity index (χ4v) is 2.69. The summed E-state index contributed by atoms with van der Waals surface area (Å²) in [4.78, 5) is 0. The molecule has 1 aromatic carbocycles. The number of hydrogen-bond donors (Lipinski definition) is 2. The molecule has 1 aromatic rings. The Labute approximate surface area is 95.4 Å². The Bertz CT molecular complexity index is 374. The maximum Gasteiger partial charge on any atom is 0.0775 e. The van der Waals surface area contributed by atoms with Gasteiger partial charge in [0.05, 0.1) is 18.8 Å².